The van der Waals surface area contributed by atoms with Gasteiger partial charge in [-0.15, -0.1) is 11.3 Å². The van der Waals surface area contributed by atoms with Crippen LogP contribution < -0.4 is 5.32 Å². The monoisotopic (exact) mass is 367 g/mol. The van der Waals surface area contributed by atoms with Crippen molar-refractivity contribution in [3.05, 3.63) is 77.1 Å². The highest BCUT2D eigenvalue weighted by atomic mass is 32.1. The van der Waals surface area contributed by atoms with Gasteiger partial charge in [0.25, 0.3) is 0 Å². The first-order valence-corrected chi connectivity index (χ1v) is 9.30. The first-order chi connectivity index (χ1) is 12.7. The molecule has 0 aliphatic carbocycles. The molecule has 2 heterocycles. The smallest absolute Gasteiger partial charge is 0.242 e. The molecule has 4 nitrogen and oxygen atoms in total. The maximum atomic E-state index is 13.6. The van der Waals surface area contributed by atoms with Crippen LogP contribution in [0, 0.1) is 5.82 Å². The minimum absolute atomic E-state index is 0.0883. The van der Waals surface area contributed by atoms with E-state index in [9.17, 15) is 9.18 Å². The Labute approximate surface area is 155 Å². The van der Waals surface area contributed by atoms with Gasteiger partial charge < -0.3 is 5.32 Å². The Balaban J connectivity index is 1.58. The number of piperazine rings is 1. The third-order valence-electron chi connectivity index (χ3n) is 4.41. The number of carbonyl (C=O) groups excluding carboxylic acids is 1. The fourth-order valence-corrected chi connectivity index (χ4v) is 4.16. The van der Waals surface area contributed by atoms with Crippen LogP contribution >= 0.6 is 11.3 Å². The fraction of sp³-hybridized carbons (Fsp3) is 0.200. The number of hydrogen-bond acceptors (Lipinski definition) is 4. The van der Waals surface area contributed by atoms with Gasteiger partial charge in [-0.1, -0.05) is 42.5 Å². The largest absolute Gasteiger partial charge is 0.353 e. The summed E-state index contributed by atoms with van der Waals surface area (Å²) in [7, 11) is 0. The first-order valence-electron chi connectivity index (χ1n) is 8.48. The molecule has 2 aromatic carbocycles. The number of rotatable bonds is 4. The highest BCUT2D eigenvalue weighted by Crippen LogP contribution is 2.30. The van der Waals surface area contributed by atoms with E-state index >= 15 is 0 Å². The van der Waals surface area contributed by atoms with E-state index in [1.54, 1.807) is 23.5 Å². The van der Waals surface area contributed by atoms with Crippen molar-refractivity contribution in [1.82, 2.24) is 15.2 Å². The van der Waals surface area contributed by atoms with Crippen molar-refractivity contribution in [2.75, 3.05) is 13.1 Å². The lowest BCUT2D eigenvalue weighted by Crippen LogP contribution is -2.49. The molecule has 6 heteroatoms. The minimum atomic E-state index is -0.485. The van der Waals surface area contributed by atoms with E-state index in [1.165, 1.54) is 12.1 Å². The Morgan fingerprint density at radius 1 is 1.19 bits per heavy atom. The molecule has 3 aromatic rings. The van der Waals surface area contributed by atoms with Crippen LogP contribution in [0.4, 0.5) is 4.39 Å². The van der Waals surface area contributed by atoms with E-state index in [2.05, 4.69) is 15.2 Å². The topological polar surface area (TPSA) is 45.2 Å². The van der Waals surface area contributed by atoms with Crippen molar-refractivity contribution in [2.24, 2.45) is 0 Å². The van der Waals surface area contributed by atoms with Gasteiger partial charge in [0, 0.05) is 36.3 Å². The van der Waals surface area contributed by atoms with Crippen LogP contribution in [0.5, 0.6) is 0 Å². The Morgan fingerprint density at radius 2 is 2.04 bits per heavy atom. The number of hydrogen-bond donors (Lipinski definition) is 1. The summed E-state index contributed by atoms with van der Waals surface area (Å²) < 4.78 is 13.6. The molecule has 4 rings (SSSR count). The van der Waals surface area contributed by atoms with E-state index in [0.29, 0.717) is 25.2 Å². The molecular formula is C20H18FN3OS. The average Bonchev–Trinajstić information content (AvgIpc) is 3.11. The second-order valence-electron chi connectivity index (χ2n) is 6.22. The van der Waals surface area contributed by atoms with E-state index in [4.69, 9.17) is 0 Å². The normalized spacial score (nSPS) is 17.9. The second-order valence-corrected chi connectivity index (χ2v) is 7.33. The molecule has 0 unspecified atom stereocenters. The quantitative estimate of drug-likeness (QED) is 0.766. The van der Waals surface area contributed by atoms with Crippen molar-refractivity contribution < 1.29 is 9.18 Å². The molecule has 1 atom stereocenters. The third kappa shape index (κ3) is 3.52. The van der Waals surface area contributed by atoms with Crippen molar-refractivity contribution in [1.29, 1.82) is 0 Å². The Bertz CT molecular complexity index is 912. The number of nitrogens with zero attached hydrogens (tertiary/aromatic N) is 2. The highest BCUT2D eigenvalue weighted by molar-refractivity contribution is 7.15. The van der Waals surface area contributed by atoms with Crippen LogP contribution in [0.1, 0.15) is 16.5 Å². The zero-order valence-corrected chi connectivity index (χ0v) is 14.9. The maximum Gasteiger partial charge on any atom is 0.242 e. The van der Waals surface area contributed by atoms with E-state index in [-0.39, 0.29) is 11.7 Å². The molecule has 1 aliphatic rings. The van der Waals surface area contributed by atoms with Crippen LogP contribution in [-0.2, 0) is 11.3 Å². The lowest BCUT2D eigenvalue weighted by Gasteiger charge is -2.34. The predicted molar refractivity (Wildman–Crippen MR) is 100 cm³/mol. The Hall–Kier alpha value is -2.57. The SMILES string of the molecule is O=C1NCCN(Cc2cnc(-c3ccccc3)s2)[C@@H]1c1cccc(F)c1. The predicted octanol–water partition coefficient (Wildman–Crippen LogP) is 3.62. The molecule has 0 spiro atoms. The minimum Gasteiger partial charge on any atom is -0.353 e. The molecule has 1 aromatic heterocycles. The summed E-state index contributed by atoms with van der Waals surface area (Å²) >= 11 is 1.62. The van der Waals surface area contributed by atoms with E-state index < -0.39 is 6.04 Å². The maximum absolute atomic E-state index is 13.6. The molecule has 1 aliphatic heterocycles. The molecule has 1 fully saturated rings. The summed E-state index contributed by atoms with van der Waals surface area (Å²) in [6.45, 7) is 1.92. The lowest BCUT2D eigenvalue weighted by molar-refractivity contribution is -0.129. The van der Waals surface area contributed by atoms with Gasteiger partial charge in [0.05, 0.1) is 0 Å². The van der Waals surface area contributed by atoms with Crippen molar-refractivity contribution in [3.8, 4) is 10.6 Å². The molecule has 0 bridgehead atoms. The molecule has 0 radical (unpaired) electrons. The summed E-state index contributed by atoms with van der Waals surface area (Å²) in [4.78, 5) is 20.1. The van der Waals surface area contributed by atoms with E-state index in [1.807, 2.05) is 36.5 Å². The summed E-state index contributed by atoms with van der Waals surface area (Å²) in [5.74, 6) is -0.417. The number of thiazole rings is 1. The van der Waals surface area contributed by atoms with Crippen molar-refractivity contribution in [2.45, 2.75) is 12.6 Å². The molecule has 1 amide bonds. The summed E-state index contributed by atoms with van der Waals surface area (Å²) in [6.07, 6.45) is 1.86. The Kier molecular flexibility index (Phi) is 4.77. The fourth-order valence-electron chi connectivity index (χ4n) is 3.22. The zero-order valence-electron chi connectivity index (χ0n) is 14.1. The first kappa shape index (κ1) is 16.9. The number of benzene rings is 2. The average molecular weight is 367 g/mol. The van der Waals surface area contributed by atoms with Crippen LogP contribution in [0.25, 0.3) is 10.6 Å². The molecular weight excluding hydrogens is 349 g/mol. The number of nitrogens with one attached hydrogen (secondary N) is 1. The molecule has 0 saturated carbocycles. The van der Waals surface area contributed by atoms with Gasteiger partial charge >= 0.3 is 0 Å². The zero-order chi connectivity index (χ0) is 17.9. The third-order valence-corrected chi connectivity index (χ3v) is 5.44. The van der Waals surface area contributed by atoms with Crippen LogP contribution in [0.15, 0.2) is 60.8 Å². The molecule has 1 N–H and O–H groups in total. The summed E-state index contributed by atoms with van der Waals surface area (Å²) in [5.41, 5.74) is 1.76. The van der Waals surface area contributed by atoms with Crippen LogP contribution in [-0.4, -0.2) is 28.9 Å². The van der Waals surface area contributed by atoms with Gasteiger partial charge in [-0.2, -0.15) is 0 Å². The summed E-state index contributed by atoms with van der Waals surface area (Å²) in [5, 5.41) is 3.84. The van der Waals surface area contributed by atoms with Crippen molar-refractivity contribution >= 4 is 17.2 Å². The highest BCUT2D eigenvalue weighted by Gasteiger charge is 2.31. The lowest BCUT2D eigenvalue weighted by atomic mass is 10.0. The number of halogens is 1. The standard InChI is InChI=1S/C20H18FN3OS/c21-16-8-4-7-15(11-16)18-19(25)22-9-10-24(18)13-17-12-23-20(26-17)14-5-2-1-3-6-14/h1-8,11-12,18H,9-10,13H2,(H,22,25)/t18-/m1/s1. The van der Waals surface area contributed by atoms with Gasteiger partial charge in [-0.3, -0.25) is 9.69 Å². The number of amides is 1. The van der Waals surface area contributed by atoms with Crippen LogP contribution in [0.3, 0.4) is 0 Å². The molecule has 1 saturated heterocycles. The molecule has 26 heavy (non-hydrogen) atoms. The Morgan fingerprint density at radius 3 is 2.85 bits per heavy atom. The van der Waals surface area contributed by atoms with E-state index in [0.717, 1.165) is 15.4 Å². The molecule has 132 valence electrons. The van der Waals surface area contributed by atoms with Gasteiger partial charge in [-0.25, -0.2) is 9.37 Å². The van der Waals surface area contributed by atoms with Gasteiger partial charge in [0.2, 0.25) is 5.91 Å². The van der Waals surface area contributed by atoms with Gasteiger partial charge in [0.1, 0.15) is 16.9 Å². The number of aromatic nitrogens is 1. The van der Waals surface area contributed by atoms with Gasteiger partial charge in [-0.05, 0) is 17.7 Å². The summed E-state index contributed by atoms with van der Waals surface area (Å²) in [6, 6.07) is 15.8. The van der Waals surface area contributed by atoms with Gasteiger partial charge in [0.15, 0.2) is 0 Å². The van der Waals surface area contributed by atoms with Crippen LogP contribution in [0.2, 0.25) is 0 Å². The number of carbonyl (C=O) groups is 1. The second kappa shape index (κ2) is 7.35. The van der Waals surface area contributed by atoms with Crippen molar-refractivity contribution in [3.63, 3.8) is 0 Å².